The minimum absolute atomic E-state index is 0.236. The number of nitrogens with zero attached hydrogens (tertiary/aromatic N) is 2. The van der Waals surface area contributed by atoms with Crippen molar-refractivity contribution in [2.75, 3.05) is 11.9 Å². The van der Waals surface area contributed by atoms with Gasteiger partial charge in [-0.25, -0.2) is 0 Å². The molecular formula is C18H15ClN4O2S. The molecule has 1 heterocycles. The predicted octanol–water partition coefficient (Wildman–Crippen LogP) is 3.42. The van der Waals surface area contributed by atoms with Crippen molar-refractivity contribution in [2.24, 2.45) is 0 Å². The summed E-state index contributed by atoms with van der Waals surface area (Å²) in [6.07, 6.45) is 0.509. The second-order valence-electron chi connectivity index (χ2n) is 5.31. The molecule has 3 rings (SSSR count). The van der Waals surface area contributed by atoms with Crippen LogP contribution in [0.2, 0.25) is 5.02 Å². The van der Waals surface area contributed by atoms with Crippen LogP contribution in [0.15, 0.2) is 54.6 Å². The highest BCUT2D eigenvalue weighted by atomic mass is 35.5. The summed E-state index contributed by atoms with van der Waals surface area (Å²) in [6.45, 7) is 0.394. The third-order valence-electron chi connectivity index (χ3n) is 3.47. The number of hydrogen-bond acceptors (Lipinski definition) is 5. The summed E-state index contributed by atoms with van der Waals surface area (Å²) >= 11 is 7.27. The molecule has 0 radical (unpaired) electrons. The van der Waals surface area contributed by atoms with E-state index in [2.05, 4.69) is 20.8 Å². The molecule has 132 valence electrons. The van der Waals surface area contributed by atoms with Crippen molar-refractivity contribution in [3.8, 4) is 0 Å². The van der Waals surface area contributed by atoms with Gasteiger partial charge in [-0.05, 0) is 24.3 Å². The Bertz CT molecular complexity index is 914. The minimum atomic E-state index is -0.238. The fourth-order valence-electron chi connectivity index (χ4n) is 2.19. The summed E-state index contributed by atoms with van der Waals surface area (Å²) < 4.78 is 0. The molecule has 0 unspecified atom stereocenters. The number of carbonyl (C=O) groups excluding carboxylic acids is 2. The van der Waals surface area contributed by atoms with E-state index in [0.29, 0.717) is 39.3 Å². The molecule has 2 N–H and O–H groups in total. The first-order valence-electron chi connectivity index (χ1n) is 7.85. The van der Waals surface area contributed by atoms with Crippen molar-refractivity contribution in [1.82, 2.24) is 15.5 Å². The maximum atomic E-state index is 12.1. The molecule has 2 amide bonds. The summed E-state index contributed by atoms with van der Waals surface area (Å²) in [4.78, 5) is 24.2. The molecule has 1 aromatic heterocycles. The summed E-state index contributed by atoms with van der Waals surface area (Å²) in [5.41, 5.74) is 0.985. The van der Waals surface area contributed by atoms with E-state index in [9.17, 15) is 9.59 Å². The Morgan fingerprint density at radius 2 is 1.69 bits per heavy atom. The molecule has 0 spiro atoms. The standard InChI is InChI=1S/C18H15ClN4O2S/c19-14-9-5-4-8-13(14)17(25)20-11-10-15-22-23-18(26-15)21-16(24)12-6-2-1-3-7-12/h1-9H,10-11H2,(H,20,25)(H,21,23,24). The maximum absolute atomic E-state index is 12.1. The van der Waals surface area contributed by atoms with Crippen molar-refractivity contribution in [1.29, 1.82) is 0 Å². The number of nitrogens with one attached hydrogen (secondary N) is 2. The number of rotatable bonds is 6. The van der Waals surface area contributed by atoms with Gasteiger partial charge in [0, 0.05) is 18.5 Å². The lowest BCUT2D eigenvalue weighted by Crippen LogP contribution is -2.25. The minimum Gasteiger partial charge on any atom is -0.352 e. The highest BCUT2D eigenvalue weighted by Crippen LogP contribution is 2.17. The van der Waals surface area contributed by atoms with E-state index in [-0.39, 0.29) is 11.8 Å². The van der Waals surface area contributed by atoms with Crippen molar-refractivity contribution < 1.29 is 9.59 Å². The van der Waals surface area contributed by atoms with Crippen LogP contribution < -0.4 is 10.6 Å². The summed E-state index contributed by atoms with van der Waals surface area (Å²) in [7, 11) is 0. The number of amides is 2. The Hall–Kier alpha value is -2.77. The topological polar surface area (TPSA) is 84.0 Å². The lowest BCUT2D eigenvalue weighted by atomic mass is 10.2. The molecule has 8 heteroatoms. The van der Waals surface area contributed by atoms with Gasteiger partial charge in [0.25, 0.3) is 11.8 Å². The molecule has 0 aliphatic carbocycles. The fraction of sp³-hybridized carbons (Fsp3) is 0.111. The molecular weight excluding hydrogens is 372 g/mol. The summed E-state index contributed by atoms with van der Waals surface area (Å²) in [5, 5.41) is 15.0. The molecule has 0 bridgehead atoms. The summed E-state index contributed by atoms with van der Waals surface area (Å²) in [6, 6.07) is 15.7. The molecule has 0 aliphatic rings. The summed E-state index contributed by atoms with van der Waals surface area (Å²) in [5.74, 6) is -0.474. The van der Waals surface area contributed by atoms with Crippen LogP contribution in [0, 0.1) is 0 Å². The molecule has 3 aromatic rings. The van der Waals surface area contributed by atoms with Gasteiger partial charge >= 0.3 is 0 Å². The van der Waals surface area contributed by atoms with E-state index in [1.165, 1.54) is 11.3 Å². The van der Waals surface area contributed by atoms with Gasteiger partial charge in [-0.3, -0.25) is 14.9 Å². The molecule has 0 atom stereocenters. The third-order valence-corrected chi connectivity index (χ3v) is 4.69. The Balaban J connectivity index is 1.50. The molecule has 2 aromatic carbocycles. The average molecular weight is 387 g/mol. The van der Waals surface area contributed by atoms with Crippen LogP contribution in [0.25, 0.3) is 0 Å². The fourth-order valence-corrected chi connectivity index (χ4v) is 3.14. The van der Waals surface area contributed by atoms with Crippen molar-refractivity contribution in [2.45, 2.75) is 6.42 Å². The molecule has 0 aliphatic heterocycles. The van der Waals surface area contributed by atoms with Gasteiger partial charge in [0.2, 0.25) is 5.13 Å². The van der Waals surface area contributed by atoms with E-state index >= 15 is 0 Å². The SMILES string of the molecule is O=C(Nc1nnc(CCNC(=O)c2ccccc2Cl)s1)c1ccccc1. The second kappa shape index (κ2) is 8.55. The van der Waals surface area contributed by atoms with Gasteiger partial charge in [0.1, 0.15) is 5.01 Å². The average Bonchev–Trinajstić information content (AvgIpc) is 3.10. The van der Waals surface area contributed by atoms with Crippen molar-refractivity contribution in [3.63, 3.8) is 0 Å². The van der Waals surface area contributed by atoms with Gasteiger partial charge in [-0.2, -0.15) is 0 Å². The predicted molar refractivity (Wildman–Crippen MR) is 102 cm³/mol. The van der Waals surface area contributed by atoms with E-state index < -0.39 is 0 Å². The van der Waals surface area contributed by atoms with E-state index in [4.69, 9.17) is 11.6 Å². The van der Waals surface area contributed by atoms with Gasteiger partial charge < -0.3 is 5.32 Å². The molecule has 0 saturated carbocycles. The van der Waals surface area contributed by atoms with Crippen LogP contribution >= 0.6 is 22.9 Å². The van der Waals surface area contributed by atoms with Gasteiger partial charge in [0.15, 0.2) is 0 Å². The largest absolute Gasteiger partial charge is 0.352 e. The van der Waals surface area contributed by atoms with Crippen LogP contribution in [-0.2, 0) is 6.42 Å². The van der Waals surface area contributed by atoms with E-state index in [1.807, 2.05) is 6.07 Å². The Morgan fingerprint density at radius 1 is 0.962 bits per heavy atom. The monoisotopic (exact) mass is 386 g/mol. The first-order chi connectivity index (χ1) is 12.6. The van der Waals surface area contributed by atoms with Crippen LogP contribution in [0.4, 0.5) is 5.13 Å². The lowest BCUT2D eigenvalue weighted by Gasteiger charge is -2.05. The zero-order valence-electron chi connectivity index (χ0n) is 13.6. The molecule has 0 saturated heterocycles. The van der Waals surface area contributed by atoms with Gasteiger partial charge in [-0.1, -0.05) is 53.3 Å². The van der Waals surface area contributed by atoms with Crippen LogP contribution in [0.1, 0.15) is 25.7 Å². The van der Waals surface area contributed by atoms with Crippen LogP contribution in [-0.4, -0.2) is 28.6 Å². The number of anilines is 1. The highest BCUT2D eigenvalue weighted by Gasteiger charge is 2.11. The highest BCUT2D eigenvalue weighted by molar-refractivity contribution is 7.15. The number of carbonyl (C=O) groups is 2. The zero-order chi connectivity index (χ0) is 18.4. The maximum Gasteiger partial charge on any atom is 0.257 e. The Morgan fingerprint density at radius 3 is 2.46 bits per heavy atom. The van der Waals surface area contributed by atoms with Crippen molar-refractivity contribution >= 4 is 39.9 Å². The van der Waals surface area contributed by atoms with Crippen LogP contribution in [0.3, 0.4) is 0 Å². The number of hydrogen-bond donors (Lipinski definition) is 2. The quantitative estimate of drug-likeness (QED) is 0.679. The van der Waals surface area contributed by atoms with Crippen LogP contribution in [0.5, 0.6) is 0 Å². The van der Waals surface area contributed by atoms with E-state index in [1.54, 1.807) is 48.5 Å². The van der Waals surface area contributed by atoms with E-state index in [0.717, 1.165) is 0 Å². The van der Waals surface area contributed by atoms with Gasteiger partial charge in [0.05, 0.1) is 10.6 Å². The first kappa shape index (κ1) is 18.0. The molecule has 6 nitrogen and oxygen atoms in total. The zero-order valence-corrected chi connectivity index (χ0v) is 15.2. The smallest absolute Gasteiger partial charge is 0.257 e. The Labute approximate surface area is 159 Å². The lowest BCUT2D eigenvalue weighted by molar-refractivity contribution is 0.0953. The molecule has 26 heavy (non-hydrogen) atoms. The number of aromatic nitrogens is 2. The normalized spacial score (nSPS) is 10.3. The molecule has 0 fully saturated rings. The van der Waals surface area contributed by atoms with Gasteiger partial charge in [-0.15, -0.1) is 10.2 Å². The second-order valence-corrected chi connectivity index (χ2v) is 6.78. The Kier molecular flexibility index (Phi) is 5.93. The first-order valence-corrected chi connectivity index (χ1v) is 9.04. The number of benzene rings is 2. The van der Waals surface area contributed by atoms with Crippen molar-refractivity contribution in [3.05, 3.63) is 75.8 Å². The number of halogens is 1. The third kappa shape index (κ3) is 4.65.